The summed E-state index contributed by atoms with van der Waals surface area (Å²) < 4.78 is 86.0. The highest BCUT2D eigenvalue weighted by molar-refractivity contribution is 5.93. The van der Waals surface area contributed by atoms with E-state index >= 15 is 0 Å². The van der Waals surface area contributed by atoms with Crippen molar-refractivity contribution in [3.05, 3.63) is 251 Å². The quantitative estimate of drug-likeness (QED) is 0.0486. The van der Waals surface area contributed by atoms with E-state index in [-0.39, 0.29) is 38.9 Å². The molecule has 0 aliphatic carbocycles. The van der Waals surface area contributed by atoms with Gasteiger partial charge in [-0.05, 0) is 84.9 Å². The predicted octanol–water partition coefficient (Wildman–Crippen LogP) is 7.26. The number of ether oxygens (including phenoxy) is 14. The Labute approximate surface area is 537 Å². The van der Waals surface area contributed by atoms with Crippen molar-refractivity contribution in [2.75, 3.05) is 19.8 Å². The summed E-state index contributed by atoms with van der Waals surface area (Å²) in [6.07, 6.45) is -26.1. The van der Waals surface area contributed by atoms with Gasteiger partial charge in [0.05, 0.1) is 45.6 Å². The lowest BCUT2D eigenvalue weighted by Crippen LogP contribution is -2.65. The van der Waals surface area contributed by atoms with Crippen molar-refractivity contribution >= 4 is 53.7 Å². The van der Waals surface area contributed by atoms with Gasteiger partial charge in [0.15, 0.2) is 61.6 Å². The molecule has 14 atom stereocenters. The Morgan fingerprint density at radius 2 is 0.564 bits per heavy atom. The average Bonchev–Trinajstić information content (AvgIpc) is 1.56. The SMILES string of the molecule is CC(=O)O[C@@H]1[C@@H](O[C@@H]2O[C@@H](COC(=O)c3ccccc3)[C@H](OC(=O)c3ccccc3)[C@H]2OC(=O)c2ccccc2)[C@@H](OC(C)=O)[C@@H](CO[C@@H]2O[C@H](COC(=O)c3ccccc3)[C@H](OC(=O)c3ccccc3)[C@H](OC(=O)c3ccccc3)[C@H]2OC(=O)c2ccccc2)O[C@@H]1O. The molecular weight excluding hydrogens is 1220 g/mol. The molecule has 1 N–H and O–H groups in total. The normalized spacial score (nSPS) is 24.6. The molecule has 10 rings (SSSR count). The van der Waals surface area contributed by atoms with Gasteiger partial charge in [0.25, 0.3) is 0 Å². The number of carbonyl (C=O) groups is 9. The molecule has 0 radical (unpaired) electrons. The summed E-state index contributed by atoms with van der Waals surface area (Å²) in [6.45, 7) is -0.336. The van der Waals surface area contributed by atoms with Gasteiger partial charge < -0.3 is 71.4 Å². The third-order valence-corrected chi connectivity index (χ3v) is 14.8. The van der Waals surface area contributed by atoms with Gasteiger partial charge >= 0.3 is 53.7 Å². The second-order valence-electron chi connectivity index (χ2n) is 21.3. The molecule has 3 aliphatic heterocycles. The fourth-order valence-electron chi connectivity index (χ4n) is 10.4. The van der Waals surface area contributed by atoms with E-state index in [1.54, 1.807) is 127 Å². The Morgan fingerprint density at radius 3 is 0.915 bits per heavy atom. The average molecular weight is 1290 g/mol. The van der Waals surface area contributed by atoms with Gasteiger partial charge in [-0.15, -0.1) is 0 Å². The maximum atomic E-state index is 14.4. The van der Waals surface area contributed by atoms with Crippen molar-refractivity contribution in [1.82, 2.24) is 0 Å². The van der Waals surface area contributed by atoms with Gasteiger partial charge in [-0.25, -0.2) is 33.6 Å². The van der Waals surface area contributed by atoms with Crippen molar-refractivity contribution in [3.63, 3.8) is 0 Å². The molecule has 24 nitrogen and oxygen atoms in total. The van der Waals surface area contributed by atoms with Crippen LogP contribution in [0.5, 0.6) is 0 Å². The molecule has 0 saturated carbocycles. The van der Waals surface area contributed by atoms with Gasteiger partial charge in [-0.3, -0.25) is 9.59 Å². The van der Waals surface area contributed by atoms with E-state index in [0.717, 1.165) is 13.8 Å². The zero-order valence-electron chi connectivity index (χ0n) is 50.2. The number of carbonyl (C=O) groups excluding carboxylic acids is 9. The maximum Gasteiger partial charge on any atom is 0.338 e. The highest BCUT2D eigenvalue weighted by Crippen LogP contribution is 2.38. The molecule has 0 bridgehead atoms. The summed E-state index contributed by atoms with van der Waals surface area (Å²) in [5, 5.41) is 12.0. The van der Waals surface area contributed by atoms with Crippen LogP contribution in [0.15, 0.2) is 212 Å². The molecule has 3 heterocycles. The number of hydrogen-bond acceptors (Lipinski definition) is 24. The molecule has 486 valence electrons. The Bertz CT molecular complexity index is 3720. The molecule has 24 heteroatoms. The summed E-state index contributed by atoms with van der Waals surface area (Å²) in [5.41, 5.74) is 0.283. The van der Waals surface area contributed by atoms with Crippen molar-refractivity contribution in [3.8, 4) is 0 Å². The molecule has 0 aromatic heterocycles. The smallest absolute Gasteiger partial charge is 0.338 e. The summed E-state index contributed by atoms with van der Waals surface area (Å²) in [7, 11) is 0. The molecule has 3 fully saturated rings. The van der Waals surface area contributed by atoms with E-state index in [1.165, 1.54) is 84.9 Å². The second-order valence-corrected chi connectivity index (χ2v) is 21.3. The molecule has 3 aliphatic rings. The van der Waals surface area contributed by atoms with Crippen LogP contribution in [0, 0.1) is 0 Å². The van der Waals surface area contributed by atoms with E-state index < -0.39 is 160 Å². The van der Waals surface area contributed by atoms with Crippen LogP contribution in [-0.2, 0) is 75.9 Å². The van der Waals surface area contributed by atoms with Crippen LogP contribution in [0.1, 0.15) is 86.4 Å². The Balaban J connectivity index is 1.03. The fraction of sp³-hybridized carbons (Fsp3) is 0.271. The minimum atomic E-state index is -2.22. The van der Waals surface area contributed by atoms with Crippen LogP contribution in [0.2, 0.25) is 0 Å². The van der Waals surface area contributed by atoms with Gasteiger partial charge in [0, 0.05) is 13.8 Å². The first kappa shape index (κ1) is 66.5. The van der Waals surface area contributed by atoms with E-state index in [0.29, 0.717) is 0 Å². The Morgan fingerprint density at radius 1 is 0.298 bits per heavy atom. The van der Waals surface area contributed by atoms with Gasteiger partial charge in [0.1, 0.15) is 37.6 Å². The van der Waals surface area contributed by atoms with Crippen molar-refractivity contribution in [2.45, 2.75) is 99.9 Å². The fourth-order valence-corrected chi connectivity index (χ4v) is 10.4. The Kier molecular flexibility index (Phi) is 22.4. The largest absolute Gasteiger partial charge is 0.459 e. The van der Waals surface area contributed by atoms with Crippen LogP contribution in [-0.4, -0.2) is 165 Å². The Hall–Kier alpha value is -10.5. The third-order valence-electron chi connectivity index (χ3n) is 14.8. The predicted molar refractivity (Wildman–Crippen MR) is 322 cm³/mol. The topological polar surface area (TPSA) is 303 Å². The lowest BCUT2D eigenvalue weighted by molar-refractivity contribution is -0.340. The molecule has 0 amide bonds. The van der Waals surface area contributed by atoms with Gasteiger partial charge in [-0.1, -0.05) is 127 Å². The van der Waals surface area contributed by atoms with Crippen LogP contribution in [0.4, 0.5) is 0 Å². The van der Waals surface area contributed by atoms with Crippen molar-refractivity contribution < 1.29 is 115 Å². The maximum absolute atomic E-state index is 14.4. The summed E-state index contributed by atoms with van der Waals surface area (Å²) in [6, 6.07) is 53.8. The van der Waals surface area contributed by atoms with Gasteiger partial charge in [0.2, 0.25) is 0 Å². The molecule has 7 aromatic carbocycles. The number of benzene rings is 7. The first-order chi connectivity index (χ1) is 45.6. The molecule has 0 unspecified atom stereocenters. The van der Waals surface area contributed by atoms with Crippen molar-refractivity contribution in [1.29, 1.82) is 0 Å². The molecular formula is C70H62O24. The number of hydrogen-bond donors (Lipinski definition) is 1. The van der Waals surface area contributed by atoms with Crippen molar-refractivity contribution in [2.24, 2.45) is 0 Å². The van der Waals surface area contributed by atoms with Crippen LogP contribution < -0.4 is 0 Å². The summed E-state index contributed by atoms with van der Waals surface area (Å²) >= 11 is 0. The van der Waals surface area contributed by atoms with Crippen LogP contribution in [0.3, 0.4) is 0 Å². The van der Waals surface area contributed by atoms with E-state index in [2.05, 4.69) is 0 Å². The first-order valence-corrected chi connectivity index (χ1v) is 29.6. The lowest BCUT2D eigenvalue weighted by Gasteiger charge is -2.46. The molecule has 3 saturated heterocycles. The number of aliphatic hydroxyl groups is 1. The standard InChI is InChI=1S/C70H62O24/c1-41(71)84-53-50(86-68(80)58(85-42(2)72)56(53)94-70-59(92-66(78)48-34-20-8-21-35-48)55(90-64(76)46-30-16-6-17-31-46)52(88-70)39-82-62(74)44-26-12-4-13-27-44)40-83-69-60(93-67(79)49-36-22-9-23-37-49)57(91-65(77)47-32-18-7-19-33-47)54(89-63(75)45-28-14-5-15-29-45)51(87-69)38-81-61(73)43-24-10-3-11-25-43/h3-37,50-60,68-70,80H,38-40H2,1-2H3/t50-,51-,52+,53+,54+,55+,56+,57+,58-,59-,60-,68+,69-,70+/m1/s1. The molecule has 94 heavy (non-hydrogen) atoms. The molecule has 7 aromatic rings. The van der Waals surface area contributed by atoms with Gasteiger partial charge in [-0.2, -0.15) is 0 Å². The highest BCUT2D eigenvalue weighted by atomic mass is 16.8. The van der Waals surface area contributed by atoms with Crippen LogP contribution >= 0.6 is 0 Å². The van der Waals surface area contributed by atoms with E-state index in [4.69, 9.17) is 66.3 Å². The van der Waals surface area contributed by atoms with Crippen LogP contribution in [0.25, 0.3) is 0 Å². The van der Waals surface area contributed by atoms with E-state index in [9.17, 15) is 48.3 Å². The zero-order chi connectivity index (χ0) is 66.1. The lowest BCUT2D eigenvalue weighted by atomic mass is 9.96. The highest BCUT2D eigenvalue weighted by Gasteiger charge is 2.59. The minimum absolute atomic E-state index is 0.00881. The summed E-state index contributed by atoms with van der Waals surface area (Å²) in [5.74, 6) is -8.72. The first-order valence-electron chi connectivity index (χ1n) is 29.6. The minimum Gasteiger partial charge on any atom is -0.459 e. The third kappa shape index (κ3) is 17.0. The molecule has 0 spiro atoms. The number of aliphatic hydroxyl groups excluding tert-OH is 1. The monoisotopic (exact) mass is 1290 g/mol. The second kappa shape index (κ2) is 31.7. The summed E-state index contributed by atoms with van der Waals surface area (Å²) in [4.78, 5) is 125. The zero-order valence-corrected chi connectivity index (χ0v) is 50.2. The number of esters is 9. The van der Waals surface area contributed by atoms with E-state index in [1.807, 2.05) is 0 Å². The number of rotatable bonds is 23.